The lowest BCUT2D eigenvalue weighted by Crippen LogP contribution is -2.65. The fourth-order valence-electron chi connectivity index (χ4n) is 9.74. The summed E-state index contributed by atoms with van der Waals surface area (Å²) in [5.74, 6) is 3.04. The van der Waals surface area contributed by atoms with Gasteiger partial charge in [0.1, 0.15) is 23.0 Å². The number of amides is 1. The van der Waals surface area contributed by atoms with Crippen LogP contribution in [0.4, 0.5) is 0 Å². The molecule has 0 N–H and O–H groups in total. The fraction of sp³-hybridized carbons (Fsp3) is 0.742. The minimum absolute atomic E-state index is 0.0102. The van der Waals surface area contributed by atoms with Gasteiger partial charge < -0.3 is 14.4 Å². The van der Waals surface area contributed by atoms with Crippen LogP contribution in [0.1, 0.15) is 89.4 Å². The molecule has 8 atom stereocenters. The van der Waals surface area contributed by atoms with Gasteiger partial charge in [-0.3, -0.25) is 9.59 Å². The minimum atomic E-state index is -0.685. The lowest BCUT2D eigenvalue weighted by atomic mass is 9.46. The van der Waals surface area contributed by atoms with Gasteiger partial charge in [-0.1, -0.05) is 33.3 Å². The van der Waals surface area contributed by atoms with Crippen molar-refractivity contribution in [2.75, 3.05) is 20.8 Å². The zero-order chi connectivity index (χ0) is 25.8. The van der Waals surface area contributed by atoms with E-state index in [1.807, 2.05) is 6.07 Å². The van der Waals surface area contributed by atoms with E-state index in [1.54, 1.807) is 26.4 Å². The van der Waals surface area contributed by atoms with E-state index in [-0.39, 0.29) is 23.1 Å². The molecule has 4 fully saturated rings. The van der Waals surface area contributed by atoms with Crippen molar-refractivity contribution in [1.29, 1.82) is 0 Å². The van der Waals surface area contributed by atoms with Gasteiger partial charge in [-0.25, -0.2) is 0 Å². The van der Waals surface area contributed by atoms with Crippen LogP contribution in [-0.4, -0.2) is 43.4 Å². The second kappa shape index (κ2) is 9.36. The Kier molecular flexibility index (Phi) is 6.66. The number of benzene rings is 1. The Bertz CT molecular complexity index is 1000. The molecule has 3 aliphatic carbocycles. The minimum Gasteiger partial charge on any atom is -0.496 e. The van der Waals surface area contributed by atoms with E-state index in [0.29, 0.717) is 47.3 Å². The Labute approximate surface area is 217 Å². The zero-order valence-electron chi connectivity index (χ0n) is 23.1. The molecule has 1 aliphatic heterocycles. The SMILES string of the molecule is CC[C@H]1CC[C@H]2[C@@H]3CC[C@H]4N(CC)C(=O)C(C(=O)c5c(OC)cccc5OC)C[C@]4(C)[C@H]3CC[C@]12C. The summed E-state index contributed by atoms with van der Waals surface area (Å²) in [4.78, 5) is 30.0. The first-order valence-electron chi connectivity index (χ1n) is 14.3. The molecule has 1 unspecified atom stereocenters. The van der Waals surface area contributed by atoms with Crippen molar-refractivity contribution < 1.29 is 19.1 Å². The number of fused-ring (bicyclic) bond motifs is 5. The number of Topliss-reactive ketones (excluding diaryl/α,β-unsaturated/α-hetero) is 1. The molecule has 0 bridgehead atoms. The molecule has 4 aliphatic rings. The number of nitrogens with zero attached hydrogens (tertiary/aromatic N) is 1. The maximum atomic E-state index is 14.1. The van der Waals surface area contributed by atoms with Crippen LogP contribution in [0.2, 0.25) is 0 Å². The summed E-state index contributed by atoms with van der Waals surface area (Å²) in [5, 5.41) is 0. The van der Waals surface area contributed by atoms with Gasteiger partial charge in [0.15, 0.2) is 5.78 Å². The van der Waals surface area contributed by atoms with Crippen LogP contribution in [0.25, 0.3) is 0 Å². The van der Waals surface area contributed by atoms with Crippen molar-refractivity contribution in [2.24, 2.45) is 40.4 Å². The maximum Gasteiger partial charge on any atom is 0.233 e. The smallest absolute Gasteiger partial charge is 0.233 e. The van der Waals surface area contributed by atoms with Gasteiger partial charge in [-0.2, -0.15) is 0 Å². The van der Waals surface area contributed by atoms with E-state index < -0.39 is 5.92 Å². The lowest BCUT2D eigenvalue weighted by molar-refractivity contribution is -0.166. The summed E-state index contributed by atoms with van der Waals surface area (Å²) in [6.07, 6.45) is 9.46. The molecule has 1 amide bonds. The highest BCUT2D eigenvalue weighted by atomic mass is 16.5. The first kappa shape index (κ1) is 25.6. The number of methoxy groups -OCH3 is 2. The molecular weight excluding hydrogens is 450 g/mol. The third kappa shape index (κ3) is 3.55. The highest BCUT2D eigenvalue weighted by Crippen LogP contribution is 2.67. The number of ether oxygens (including phenoxy) is 2. The van der Waals surface area contributed by atoms with E-state index in [4.69, 9.17) is 9.47 Å². The second-order valence-electron chi connectivity index (χ2n) is 12.5. The number of likely N-dealkylation sites (tertiary alicyclic amines) is 1. The molecule has 1 saturated heterocycles. The van der Waals surface area contributed by atoms with Crippen molar-refractivity contribution in [1.82, 2.24) is 4.90 Å². The third-order valence-corrected chi connectivity index (χ3v) is 11.4. The van der Waals surface area contributed by atoms with E-state index in [0.717, 1.165) is 18.3 Å². The van der Waals surface area contributed by atoms with Gasteiger partial charge in [0.25, 0.3) is 0 Å². The molecule has 5 rings (SSSR count). The van der Waals surface area contributed by atoms with E-state index in [9.17, 15) is 9.59 Å². The number of hydrogen-bond donors (Lipinski definition) is 0. The second-order valence-corrected chi connectivity index (χ2v) is 12.5. The Morgan fingerprint density at radius 3 is 2.25 bits per heavy atom. The Hall–Kier alpha value is -2.04. The lowest BCUT2D eigenvalue weighted by Gasteiger charge is -2.63. The molecule has 1 aromatic rings. The van der Waals surface area contributed by atoms with Crippen molar-refractivity contribution in [3.8, 4) is 11.5 Å². The quantitative estimate of drug-likeness (QED) is 0.339. The van der Waals surface area contributed by atoms with Crippen LogP contribution >= 0.6 is 0 Å². The van der Waals surface area contributed by atoms with E-state index >= 15 is 0 Å². The van der Waals surface area contributed by atoms with Gasteiger partial charge in [-0.15, -0.1) is 0 Å². The number of piperidine rings is 1. The highest BCUT2D eigenvalue weighted by Gasteiger charge is 2.63. The molecule has 5 heteroatoms. The largest absolute Gasteiger partial charge is 0.496 e. The maximum absolute atomic E-state index is 14.1. The van der Waals surface area contributed by atoms with Crippen LogP contribution in [0, 0.1) is 40.4 Å². The van der Waals surface area contributed by atoms with Crippen LogP contribution in [0.5, 0.6) is 11.5 Å². The van der Waals surface area contributed by atoms with Crippen molar-refractivity contribution >= 4 is 11.7 Å². The molecule has 198 valence electrons. The van der Waals surface area contributed by atoms with Crippen molar-refractivity contribution in [3.05, 3.63) is 23.8 Å². The van der Waals surface area contributed by atoms with E-state index in [2.05, 4.69) is 32.6 Å². The molecule has 0 aromatic heterocycles. The summed E-state index contributed by atoms with van der Waals surface area (Å²) < 4.78 is 11.1. The van der Waals surface area contributed by atoms with Gasteiger partial charge in [0, 0.05) is 12.6 Å². The number of carbonyl (C=O) groups excluding carboxylic acids is 2. The summed E-state index contributed by atoms with van der Waals surface area (Å²) in [6.45, 7) is 10.1. The van der Waals surface area contributed by atoms with Gasteiger partial charge in [0.2, 0.25) is 5.91 Å². The fourth-order valence-corrected chi connectivity index (χ4v) is 9.74. The van der Waals surface area contributed by atoms with Crippen molar-refractivity contribution in [3.63, 3.8) is 0 Å². The predicted molar refractivity (Wildman–Crippen MR) is 141 cm³/mol. The molecule has 36 heavy (non-hydrogen) atoms. The first-order chi connectivity index (χ1) is 17.2. The zero-order valence-corrected chi connectivity index (χ0v) is 23.1. The van der Waals surface area contributed by atoms with Crippen LogP contribution in [-0.2, 0) is 4.79 Å². The van der Waals surface area contributed by atoms with Gasteiger partial charge in [0.05, 0.1) is 14.2 Å². The van der Waals surface area contributed by atoms with Gasteiger partial charge in [-0.05, 0) is 98.5 Å². The topological polar surface area (TPSA) is 55.8 Å². The van der Waals surface area contributed by atoms with Crippen LogP contribution in [0.15, 0.2) is 18.2 Å². The average Bonchev–Trinajstić information content (AvgIpc) is 3.24. The summed E-state index contributed by atoms with van der Waals surface area (Å²) in [7, 11) is 3.14. The summed E-state index contributed by atoms with van der Waals surface area (Å²) in [5.41, 5.74) is 0.825. The Morgan fingerprint density at radius 2 is 1.64 bits per heavy atom. The number of ketones is 1. The standard InChI is InChI=1S/C31H45NO4/c1-7-19-12-14-22-20-13-15-26-31(4,23(20)16-17-30(19,22)3)18-21(29(34)32(26)8-2)28(33)27-24(35-5)10-9-11-25(27)36-6/h9-11,19-23,26H,7-8,12-18H2,1-6H3/t19-,20-,21?,22-,23-,26+,30+,31+/m0/s1. The monoisotopic (exact) mass is 495 g/mol. The number of carbonyl (C=O) groups is 2. The molecule has 5 nitrogen and oxygen atoms in total. The molecule has 1 heterocycles. The molecule has 0 radical (unpaired) electrons. The van der Waals surface area contributed by atoms with Crippen LogP contribution in [0.3, 0.4) is 0 Å². The average molecular weight is 496 g/mol. The first-order valence-corrected chi connectivity index (χ1v) is 14.3. The number of hydrogen-bond acceptors (Lipinski definition) is 4. The third-order valence-electron chi connectivity index (χ3n) is 11.4. The number of rotatable bonds is 6. The summed E-state index contributed by atoms with van der Waals surface area (Å²) >= 11 is 0. The van der Waals surface area contributed by atoms with Crippen molar-refractivity contribution in [2.45, 2.75) is 85.1 Å². The molecule has 0 spiro atoms. The Balaban J connectivity index is 1.51. The van der Waals surface area contributed by atoms with Crippen LogP contribution < -0.4 is 9.47 Å². The molecule has 3 saturated carbocycles. The highest BCUT2D eigenvalue weighted by molar-refractivity contribution is 6.13. The Morgan fingerprint density at radius 1 is 0.972 bits per heavy atom. The predicted octanol–water partition coefficient (Wildman–Crippen LogP) is 6.39. The van der Waals surface area contributed by atoms with E-state index in [1.165, 1.54) is 38.5 Å². The summed E-state index contributed by atoms with van der Waals surface area (Å²) in [6, 6.07) is 5.62. The normalized spacial score (nSPS) is 39.7. The molecule has 1 aromatic carbocycles. The van der Waals surface area contributed by atoms with Gasteiger partial charge >= 0.3 is 0 Å². The molecular formula is C31H45NO4.